The molecule has 1 heterocycles. The largest absolute Gasteiger partial charge is 0.467 e. The lowest BCUT2D eigenvalue weighted by Crippen LogP contribution is -2.19. The van der Waals surface area contributed by atoms with E-state index in [-0.39, 0.29) is 12.6 Å². The molecule has 0 saturated heterocycles. The molecule has 0 aliphatic heterocycles. The first-order chi connectivity index (χ1) is 7.13. The van der Waals surface area contributed by atoms with Gasteiger partial charge >= 0.3 is 5.97 Å². The van der Waals surface area contributed by atoms with Crippen molar-refractivity contribution in [3.05, 3.63) is 20.8 Å². The Bertz CT molecular complexity index is 329. The van der Waals surface area contributed by atoms with E-state index in [4.69, 9.17) is 10.5 Å². The van der Waals surface area contributed by atoms with E-state index < -0.39 is 5.97 Å². The van der Waals surface area contributed by atoms with Crippen LogP contribution in [-0.4, -0.2) is 26.3 Å². The highest BCUT2D eigenvalue weighted by Crippen LogP contribution is 2.26. The van der Waals surface area contributed by atoms with Crippen molar-refractivity contribution in [2.45, 2.75) is 6.04 Å². The highest BCUT2D eigenvalue weighted by atomic mass is 79.9. The van der Waals surface area contributed by atoms with Crippen LogP contribution in [0.5, 0.6) is 0 Å². The molecule has 84 valence electrons. The molecule has 1 aromatic rings. The zero-order chi connectivity index (χ0) is 11.3. The Balaban J connectivity index is 2.30. The molecule has 0 fully saturated rings. The van der Waals surface area contributed by atoms with Crippen molar-refractivity contribution >= 4 is 33.2 Å². The molecule has 0 amide bonds. The number of hydrogen-bond acceptors (Lipinski definition) is 5. The van der Waals surface area contributed by atoms with Crippen LogP contribution >= 0.6 is 27.3 Å². The molecule has 0 aliphatic rings. The van der Waals surface area contributed by atoms with Crippen LogP contribution in [-0.2, 0) is 14.3 Å². The summed E-state index contributed by atoms with van der Waals surface area (Å²) >= 11 is 4.91. The Morgan fingerprint density at radius 3 is 2.93 bits per heavy atom. The maximum absolute atomic E-state index is 10.7. The minimum Gasteiger partial charge on any atom is -0.467 e. The summed E-state index contributed by atoms with van der Waals surface area (Å²) in [4.78, 5) is 11.8. The number of halogens is 1. The summed E-state index contributed by atoms with van der Waals surface area (Å²) in [6.45, 7) is 0.249. The van der Waals surface area contributed by atoms with E-state index in [1.165, 1.54) is 7.11 Å². The van der Waals surface area contributed by atoms with Gasteiger partial charge in [-0.15, -0.1) is 11.3 Å². The number of nitrogens with two attached hydrogens (primary N) is 1. The highest BCUT2D eigenvalue weighted by Gasteiger charge is 2.09. The van der Waals surface area contributed by atoms with Crippen LogP contribution in [0.2, 0.25) is 0 Å². The first-order valence-electron chi connectivity index (χ1n) is 4.29. The predicted octanol–water partition coefficient (Wildman–Crippen LogP) is 1.70. The molecule has 0 aromatic carbocycles. The molecule has 1 rings (SSSR count). The van der Waals surface area contributed by atoms with Crippen molar-refractivity contribution in [1.29, 1.82) is 0 Å². The van der Waals surface area contributed by atoms with Crippen LogP contribution < -0.4 is 5.73 Å². The number of rotatable bonds is 5. The molecule has 2 N–H and O–H groups in total. The number of carbonyl (C=O) groups excluding carboxylic acids is 1. The van der Waals surface area contributed by atoms with Crippen molar-refractivity contribution in [2.75, 3.05) is 20.3 Å². The molecule has 0 bridgehead atoms. The van der Waals surface area contributed by atoms with Crippen LogP contribution in [0.3, 0.4) is 0 Å². The summed E-state index contributed by atoms with van der Waals surface area (Å²) in [6.07, 6.45) is 0. The zero-order valence-corrected chi connectivity index (χ0v) is 10.6. The third-order valence-electron chi connectivity index (χ3n) is 1.70. The summed E-state index contributed by atoms with van der Waals surface area (Å²) < 4.78 is 10.6. The van der Waals surface area contributed by atoms with Crippen molar-refractivity contribution < 1.29 is 14.3 Å². The molecule has 6 heteroatoms. The zero-order valence-electron chi connectivity index (χ0n) is 8.23. The summed E-state index contributed by atoms with van der Waals surface area (Å²) in [6, 6.07) is 3.66. The minimum absolute atomic E-state index is 0.0588. The summed E-state index contributed by atoms with van der Waals surface area (Å²) in [5, 5.41) is 0. The molecule has 0 aliphatic carbocycles. The standard InChI is InChI=1S/C9H12BrNO3S/c1-13-9(12)5-14-4-6(11)7-2-3-8(10)15-7/h2-3,6H,4-5,11H2,1H3. The van der Waals surface area contributed by atoms with Gasteiger partial charge in [-0.05, 0) is 28.1 Å². The molecule has 15 heavy (non-hydrogen) atoms. The van der Waals surface area contributed by atoms with Gasteiger partial charge in [0, 0.05) is 4.88 Å². The second-order valence-electron chi connectivity index (χ2n) is 2.84. The van der Waals surface area contributed by atoms with Gasteiger partial charge in [-0.1, -0.05) is 0 Å². The second-order valence-corrected chi connectivity index (χ2v) is 5.33. The van der Waals surface area contributed by atoms with Gasteiger partial charge in [-0.3, -0.25) is 0 Å². The van der Waals surface area contributed by atoms with Crippen LogP contribution in [0.4, 0.5) is 0 Å². The number of esters is 1. The number of thiophene rings is 1. The minimum atomic E-state index is -0.394. The topological polar surface area (TPSA) is 61.5 Å². The molecule has 1 atom stereocenters. The van der Waals surface area contributed by atoms with Gasteiger partial charge < -0.3 is 15.2 Å². The Morgan fingerprint density at radius 1 is 1.67 bits per heavy atom. The molecule has 4 nitrogen and oxygen atoms in total. The molecule has 0 radical (unpaired) electrons. The van der Waals surface area contributed by atoms with E-state index in [1.54, 1.807) is 11.3 Å². The van der Waals surface area contributed by atoms with E-state index in [2.05, 4.69) is 20.7 Å². The summed E-state index contributed by atoms with van der Waals surface area (Å²) in [7, 11) is 1.32. The van der Waals surface area contributed by atoms with E-state index in [0.717, 1.165) is 8.66 Å². The van der Waals surface area contributed by atoms with Crippen LogP contribution in [0.1, 0.15) is 10.9 Å². The molecular formula is C9H12BrNO3S. The maximum atomic E-state index is 10.7. The Kier molecular flexibility index (Phi) is 5.24. The van der Waals surface area contributed by atoms with Crippen molar-refractivity contribution in [1.82, 2.24) is 0 Å². The van der Waals surface area contributed by atoms with Gasteiger partial charge in [0.15, 0.2) is 0 Å². The van der Waals surface area contributed by atoms with Crippen molar-refractivity contribution in [3.8, 4) is 0 Å². The van der Waals surface area contributed by atoms with E-state index in [9.17, 15) is 4.79 Å². The predicted molar refractivity (Wildman–Crippen MR) is 61.8 cm³/mol. The fourth-order valence-corrected chi connectivity index (χ4v) is 2.35. The Labute approximate surface area is 100 Å². The fraction of sp³-hybridized carbons (Fsp3) is 0.444. The fourth-order valence-electron chi connectivity index (χ4n) is 0.938. The van der Waals surface area contributed by atoms with E-state index in [1.807, 2.05) is 12.1 Å². The maximum Gasteiger partial charge on any atom is 0.331 e. The lowest BCUT2D eigenvalue weighted by atomic mass is 10.3. The normalized spacial score (nSPS) is 12.5. The van der Waals surface area contributed by atoms with Gasteiger partial charge in [-0.25, -0.2) is 4.79 Å². The van der Waals surface area contributed by atoms with Crippen molar-refractivity contribution in [2.24, 2.45) is 5.73 Å². The van der Waals surface area contributed by atoms with Crippen molar-refractivity contribution in [3.63, 3.8) is 0 Å². The number of ether oxygens (including phenoxy) is 2. The molecule has 0 spiro atoms. The van der Waals surface area contributed by atoms with Crippen LogP contribution in [0, 0.1) is 0 Å². The lowest BCUT2D eigenvalue weighted by molar-refractivity contribution is -0.146. The average Bonchev–Trinajstić information content (AvgIpc) is 2.64. The molecular weight excluding hydrogens is 282 g/mol. The van der Waals surface area contributed by atoms with Gasteiger partial charge in [0.05, 0.1) is 23.5 Å². The first kappa shape index (κ1) is 12.6. The Hall–Kier alpha value is -0.430. The van der Waals surface area contributed by atoms with E-state index >= 15 is 0 Å². The first-order valence-corrected chi connectivity index (χ1v) is 5.90. The van der Waals surface area contributed by atoms with Gasteiger partial charge in [-0.2, -0.15) is 0 Å². The number of hydrogen-bond donors (Lipinski definition) is 1. The summed E-state index contributed by atoms with van der Waals surface area (Å²) in [5.74, 6) is -0.394. The number of methoxy groups -OCH3 is 1. The molecule has 0 saturated carbocycles. The third kappa shape index (κ3) is 4.29. The number of carbonyl (C=O) groups is 1. The quantitative estimate of drug-likeness (QED) is 0.840. The SMILES string of the molecule is COC(=O)COCC(N)c1ccc(Br)s1. The monoisotopic (exact) mass is 293 g/mol. The van der Waals surface area contributed by atoms with Gasteiger partial charge in [0.25, 0.3) is 0 Å². The highest BCUT2D eigenvalue weighted by molar-refractivity contribution is 9.11. The average molecular weight is 294 g/mol. The van der Waals surface area contributed by atoms with Crippen LogP contribution in [0.25, 0.3) is 0 Å². The molecule has 1 aromatic heterocycles. The van der Waals surface area contributed by atoms with Crippen LogP contribution in [0.15, 0.2) is 15.9 Å². The van der Waals surface area contributed by atoms with Gasteiger partial charge in [0.2, 0.25) is 0 Å². The Morgan fingerprint density at radius 2 is 2.40 bits per heavy atom. The smallest absolute Gasteiger partial charge is 0.331 e. The van der Waals surface area contributed by atoms with E-state index in [0.29, 0.717) is 6.61 Å². The summed E-state index contributed by atoms with van der Waals surface area (Å²) in [5.41, 5.74) is 5.85. The second kappa shape index (κ2) is 6.22. The third-order valence-corrected chi connectivity index (χ3v) is 3.46. The van der Waals surface area contributed by atoms with Gasteiger partial charge in [0.1, 0.15) is 6.61 Å². The lowest BCUT2D eigenvalue weighted by Gasteiger charge is -2.09. The molecule has 1 unspecified atom stereocenters.